The van der Waals surface area contributed by atoms with Crippen molar-refractivity contribution in [1.29, 1.82) is 0 Å². The molecule has 4 rings (SSSR count). The molecule has 4 heterocycles. The van der Waals surface area contributed by atoms with Crippen molar-refractivity contribution in [3.05, 3.63) is 24.2 Å². The minimum Gasteiger partial charge on any atom is -0.358 e. The van der Waals surface area contributed by atoms with Crippen molar-refractivity contribution >= 4 is 11.2 Å². The quantitative estimate of drug-likeness (QED) is 0.867. The van der Waals surface area contributed by atoms with Gasteiger partial charge in [-0.2, -0.15) is 0 Å². The van der Waals surface area contributed by atoms with E-state index in [-0.39, 0.29) is 6.23 Å². The molecule has 2 aromatic heterocycles. The van der Waals surface area contributed by atoms with Gasteiger partial charge in [-0.25, -0.2) is 9.97 Å². The Bertz CT molecular complexity index is 675. The van der Waals surface area contributed by atoms with Gasteiger partial charge in [-0.3, -0.25) is 9.47 Å². The number of aromatic nitrogens is 3. The van der Waals surface area contributed by atoms with Crippen LogP contribution in [0.25, 0.3) is 11.2 Å². The van der Waals surface area contributed by atoms with E-state index in [0.29, 0.717) is 12.1 Å². The number of nitrogens with zero attached hydrogens (tertiary/aromatic N) is 4. The van der Waals surface area contributed by atoms with Gasteiger partial charge in [0, 0.05) is 18.8 Å². The van der Waals surface area contributed by atoms with Gasteiger partial charge in [0.2, 0.25) is 0 Å². The number of hydrogen-bond donors (Lipinski definition) is 0. The van der Waals surface area contributed by atoms with Gasteiger partial charge in [0.15, 0.2) is 5.65 Å². The maximum Gasteiger partial charge on any atom is 0.162 e. The van der Waals surface area contributed by atoms with E-state index in [1.54, 1.807) is 0 Å². The molecule has 2 aliphatic heterocycles. The highest BCUT2D eigenvalue weighted by molar-refractivity contribution is 5.71. The maximum atomic E-state index is 6.09. The molecule has 0 amide bonds. The lowest BCUT2D eigenvalue weighted by Crippen LogP contribution is -2.33. The summed E-state index contributed by atoms with van der Waals surface area (Å²) in [6.45, 7) is 6.56. The minimum atomic E-state index is 0.0910. The Morgan fingerprint density at radius 1 is 1.22 bits per heavy atom. The predicted molar refractivity (Wildman–Crippen MR) is 90.2 cm³/mol. The molecule has 0 radical (unpaired) electrons. The van der Waals surface area contributed by atoms with Crippen LogP contribution in [0.2, 0.25) is 0 Å². The Balaban J connectivity index is 1.81. The number of hydrogen-bond acceptors (Lipinski definition) is 4. The zero-order valence-corrected chi connectivity index (χ0v) is 14.1. The Morgan fingerprint density at radius 3 is 2.91 bits per heavy atom. The van der Waals surface area contributed by atoms with Crippen LogP contribution >= 0.6 is 0 Å². The molecule has 0 aromatic carbocycles. The van der Waals surface area contributed by atoms with Crippen molar-refractivity contribution in [1.82, 2.24) is 19.4 Å². The molecular weight excluding hydrogens is 288 g/mol. The maximum absolute atomic E-state index is 6.09. The van der Waals surface area contributed by atoms with Gasteiger partial charge in [0.05, 0.1) is 6.04 Å². The van der Waals surface area contributed by atoms with Gasteiger partial charge < -0.3 is 4.74 Å². The molecule has 0 spiro atoms. The Labute approximate surface area is 137 Å². The summed E-state index contributed by atoms with van der Waals surface area (Å²) in [6, 6.07) is 4.96. The van der Waals surface area contributed by atoms with Gasteiger partial charge in [-0.15, -0.1) is 0 Å². The molecule has 0 N–H and O–H groups in total. The summed E-state index contributed by atoms with van der Waals surface area (Å²) in [5.41, 5.74) is 1.97. The van der Waals surface area contributed by atoms with Crippen molar-refractivity contribution in [2.24, 2.45) is 0 Å². The highest BCUT2D eigenvalue weighted by atomic mass is 16.5. The van der Waals surface area contributed by atoms with Gasteiger partial charge in [-0.1, -0.05) is 0 Å². The van der Waals surface area contributed by atoms with Gasteiger partial charge in [-0.05, 0) is 64.6 Å². The number of fused-ring (bicyclic) bond motifs is 1. The largest absolute Gasteiger partial charge is 0.358 e. The van der Waals surface area contributed by atoms with Crippen LogP contribution in [-0.4, -0.2) is 38.6 Å². The average molecular weight is 314 g/mol. The standard InChI is InChI=1S/C18H26N4O/c1-13(2)21-11-6-8-15(21)18-20-14-7-5-10-19-17(14)22(18)16-9-3-4-12-23-16/h5,7,10,13,15-16H,3-4,6,8-9,11-12H2,1-2H3. The van der Waals surface area contributed by atoms with Crippen molar-refractivity contribution in [2.75, 3.05) is 13.2 Å². The smallest absolute Gasteiger partial charge is 0.162 e. The summed E-state index contributed by atoms with van der Waals surface area (Å²) in [6.07, 6.45) is 7.81. The summed E-state index contributed by atoms with van der Waals surface area (Å²) in [5.74, 6) is 1.15. The predicted octanol–water partition coefficient (Wildman–Crippen LogP) is 3.68. The molecule has 23 heavy (non-hydrogen) atoms. The van der Waals surface area contributed by atoms with E-state index >= 15 is 0 Å². The summed E-state index contributed by atoms with van der Waals surface area (Å²) in [7, 11) is 0. The van der Waals surface area contributed by atoms with Gasteiger partial charge in [0.1, 0.15) is 17.6 Å². The fourth-order valence-corrected chi connectivity index (χ4v) is 4.08. The first-order valence-corrected chi connectivity index (χ1v) is 8.96. The van der Waals surface area contributed by atoms with E-state index in [9.17, 15) is 0 Å². The molecule has 124 valence electrons. The fraction of sp³-hybridized carbons (Fsp3) is 0.667. The lowest BCUT2D eigenvalue weighted by atomic mass is 10.1. The van der Waals surface area contributed by atoms with Crippen molar-refractivity contribution in [2.45, 2.75) is 64.3 Å². The second-order valence-electron chi connectivity index (χ2n) is 7.00. The minimum absolute atomic E-state index is 0.0910. The van der Waals surface area contributed by atoms with Crippen molar-refractivity contribution < 1.29 is 4.74 Å². The van der Waals surface area contributed by atoms with Crippen LogP contribution in [0.3, 0.4) is 0 Å². The van der Waals surface area contributed by atoms with Gasteiger partial charge in [0.25, 0.3) is 0 Å². The topological polar surface area (TPSA) is 43.2 Å². The van der Waals surface area contributed by atoms with Crippen LogP contribution in [0.4, 0.5) is 0 Å². The van der Waals surface area contributed by atoms with Crippen LogP contribution in [0.1, 0.15) is 64.0 Å². The molecule has 2 fully saturated rings. The van der Waals surface area contributed by atoms with Crippen LogP contribution in [-0.2, 0) is 4.74 Å². The molecule has 2 unspecified atom stereocenters. The SMILES string of the molecule is CC(C)N1CCCC1c1nc2cccnc2n1C1CCCCO1. The first kappa shape index (κ1) is 15.1. The molecule has 2 saturated heterocycles. The normalized spacial score (nSPS) is 26.4. The molecule has 2 atom stereocenters. The van der Waals surface area contributed by atoms with E-state index in [4.69, 9.17) is 9.72 Å². The van der Waals surface area contributed by atoms with Crippen LogP contribution in [0, 0.1) is 0 Å². The third-order valence-electron chi connectivity index (χ3n) is 5.18. The Hall–Kier alpha value is -1.46. The fourth-order valence-electron chi connectivity index (χ4n) is 4.08. The molecule has 0 aliphatic carbocycles. The Morgan fingerprint density at radius 2 is 2.13 bits per heavy atom. The van der Waals surface area contributed by atoms with E-state index < -0.39 is 0 Å². The average Bonchev–Trinajstić information content (AvgIpc) is 3.20. The molecule has 2 aliphatic rings. The summed E-state index contributed by atoms with van der Waals surface area (Å²) in [4.78, 5) is 12.2. The zero-order chi connectivity index (χ0) is 15.8. The zero-order valence-electron chi connectivity index (χ0n) is 14.1. The van der Waals surface area contributed by atoms with E-state index in [2.05, 4.69) is 34.4 Å². The number of ether oxygens (including phenoxy) is 1. The van der Waals surface area contributed by atoms with Crippen LogP contribution in [0.15, 0.2) is 18.3 Å². The summed E-state index contributed by atoms with van der Waals surface area (Å²) in [5, 5.41) is 0. The van der Waals surface area contributed by atoms with Crippen molar-refractivity contribution in [3.63, 3.8) is 0 Å². The third kappa shape index (κ3) is 2.66. The third-order valence-corrected chi connectivity index (χ3v) is 5.18. The summed E-state index contributed by atoms with van der Waals surface area (Å²) >= 11 is 0. The van der Waals surface area contributed by atoms with E-state index in [0.717, 1.165) is 43.0 Å². The number of likely N-dealkylation sites (tertiary alicyclic amines) is 1. The molecule has 0 bridgehead atoms. The second-order valence-corrected chi connectivity index (χ2v) is 7.00. The first-order chi connectivity index (χ1) is 11.3. The van der Waals surface area contributed by atoms with E-state index in [1.807, 2.05) is 12.3 Å². The lowest BCUT2D eigenvalue weighted by Gasteiger charge is -2.31. The molecule has 0 saturated carbocycles. The van der Waals surface area contributed by atoms with Crippen LogP contribution in [0.5, 0.6) is 0 Å². The lowest BCUT2D eigenvalue weighted by molar-refractivity contribution is -0.0334. The molecular formula is C18H26N4O. The first-order valence-electron chi connectivity index (χ1n) is 8.96. The van der Waals surface area contributed by atoms with E-state index in [1.165, 1.54) is 19.3 Å². The number of imidazole rings is 1. The van der Waals surface area contributed by atoms with Gasteiger partial charge >= 0.3 is 0 Å². The number of rotatable bonds is 3. The summed E-state index contributed by atoms with van der Waals surface area (Å²) < 4.78 is 8.38. The molecule has 5 heteroatoms. The Kier molecular flexibility index (Phi) is 4.07. The number of pyridine rings is 1. The second kappa shape index (κ2) is 6.21. The highest BCUT2D eigenvalue weighted by Gasteiger charge is 2.34. The molecule has 5 nitrogen and oxygen atoms in total. The van der Waals surface area contributed by atoms with Crippen LogP contribution < -0.4 is 0 Å². The monoisotopic (exact) mass is 314 g/mol. The van der Waals surface area contributed by atoms with Crippen molar-refractivity contribution in [3.8, 4) is 0 Å². The highest BCUT2D eigenvalue weighted by Crippen LogP contribution is 2.37. The molecule has 2 aromatic rings.